The molecule has 0 fully saturated rings. The first kappa shape index (κ1) is 16.2. The minimum atomic E-state index is -0.564. The van der Waals surface area contributed by atoms with Gasteiger partial charge >= 0.3 is 0 Å². The third-order valence-electron chi connectivity index (χ3n) is 3.10. The second-order valence-corrected chi connectivity index (χ2v) is 4.75. The molecule has 0 saturated carbocycles. The van der Waals surface area contributed by atoms with Crippen molar-refractivity contribution in [3.8, 4) is 0 Å². The van der Waals surface area contributed by atoms with Gasteiger partial charge in [-0.25, -0.2) is 0 Å². The minimum Gasteiger partial charge on any atom is -0.381 e. The van der Waals surface area contributed by atoms with Crippen LogP contribution in [0.5, 0.6) is 0 Å². The Kier molecular flexibility index (Phi) is 5.76. The van der Waals surface area contributed by atoms with E-state index in [0.717, 1.165) is 12.8 Å². The van der Waals surface area contributed by atoms with Crippen molar-refractivity contribution in [1.82, 2.24) is 5.32 Å². The lowest BCUT2D eigenvalue weighted by Gasteiger charge is -2.15. The predicted octanol–water partition coefficient (Wildman–Crippen LogP) is 3.21. The third-order valence-corrected chi connectivity index (χ3v) is 3.40. The summed E-state index contributed by atoms with van der Waals surface area (Å²) in [5.41, 5.74) is 0.179. The largest absolute Gasteiger partial charge is 0.381 e. The van der Waals surface area contributed by atoms with E-state index >= 15 is 0 Å². The van der Waals surface area contributed by atoms with Gasteiger partial charge in [0.25, 0.3) is 11.6 Å². The molecule has 0 spiro atoms. The Labute approximate surface area is 122 Å². The Bertz CT molecular complexity index is 516. The highest BCUT2D eigenvalue weighted by Gasteiger charge is 2.21. The molecule has 0 aliphatic heterocycles. The summed E-state index contributed by atoms with van der Waals surface area (Å²) in [7, 11) is 1.54. The smallest absolute Gasteiger partial charge is 0.294 e. The average Bonchev–Trinajstić information content (AvgIpc) is 2.43. The van der Waals surface area contributed by atoms with Crippen LogP contribution in [0.25, 0.3) is 0 Å². The van der Waals surface area contributed by atoms with E-state index in [1.54, 1.807) is 0 Å². The van der Waals surface area contributed by atoms with Crippen molar-refractivity contribution in [1.29, 1.82) is 0 Å². The minimum absolute atomic E-state index is 0.0457. The standard InChI is InChI=1S/C13H18ClN3O3/c1-4-9(5-2)16-13(18)8-6-10(14)12(15-3)11(7-8)17(19)20/h6-7,9,15H,4-5H2,1-3H3,(H,16,18). The highest BCUT2D eigenvalue weighted by atomic mass is 35.5. The first-order valence-electron chi connectivity index (χ1n) is 6.41. The first-order valence-corrected chi connectivity index (χ1v) is 6.78. The number of hydrogen-bond acceptors (Lipinski definition) is 4. The zero-order valence-corrected chi connectivity index (χ0v) is 12.5. The maximum absolute atomic E-state index is 12.1. The molecular formula is C13H18ClN3O3. The molecule has 0 aliphatic carbocycles. The highest BCUT2D eigenvalue weighted by Crippen LogP contribution is 2.33. The fourth-order valence-electron chi connectivity index (χ4n) is 1.88. The van der Waals surface area contributed by atoms with Crippen molar-refractivity contribution in [3.05, 3.63) is 32.8 Å². The Balaban J connectivity index is 3.14. The van der Waals surface area contributed by atoms with Crippen LogP contribution in [0.1, 0.15) is 37.0 Å². The summed E-state index contributed by atoms with van der Waals surface area (Å²) >= 11 is 5.98. The van der Waals surface area contributed by atoms with E-state index in [1.165, 1.54) is 19.2 Å². The van der Waals surface area contributed by atoms with Crippen LogP contribution in [0.15, 0.2) is 12.1 Å². The molecule has 0 saturated heterocycles. The van der Waals surface area contributed by atoms with Gasteiger partial charge < -0.3 is 10.6 Å². The number of carbonyl (C=O) groups excluding carboxylic acids is 1. The number of halogens is 1. The lowest BCUT2D eigenvalue weighted by molar-refractivity contribution is -0.383. The van der Waals surface area contributed by atoms with Crippen LogP contribution in [0, 0.1) is 10.1 Å². The van der Waals surface area contributed by atoms with Crippen molar-refractivity contribution in [2.75, 3.05) is 12.4 Å². The molecule has 0 aliphatic rings. The summed E-state index contributed by atoms with van der Waals surface area (Å²) in [6, 6.07) is 2.71. The SMILES string of the molecule is CCC(CC)NC(=O)c1cc(Cl)c(NC)c([N+](=O)[O-])c1. The number of nitrogens with zero attached hydrogens (tertiary/aromatic N) is 1. The van der Waals surface area contributed by atoms with E-state index in [-0.39, 0.29) is 33.9 Å². The van der Waals surface area contributed by atoms with Crippen LogP contribution in [-0.2, 0) is 0 Å². The Morgan fingerprint density at radius 2 is 2.00 bits per heavy atom. The van der Waals surface area contributed by atoms with Gasteiger partial charge in [-0.05, 0) is 18.9 Å². The van der Waals surface area contributed by atoms with Crippen molar-refractivity contribution < 1.29 is 9.72 Å². The molecule has 6 nitrogen and oxygen atoms in total. The second kappa shape index (κ2) is 7.09. The molecule has 0 heterocycles. The molecule has 1 aromatic rings. The van der Waals surface area contributed by atoms with Gasteiger partial charge in [-0.1, -0.05) is 25.4 Å². The molecule has 110 valence electrons. The Morgan fingerprint density at radius 1 is 1.40 bits per heavy atom. The van der Waals surface area contributed by atoms with Gasteiger partial charge in [0.2, 0.25) is 0 Å². The lowest BCUT2D eigenvalue weighted by Crippen LogP contribution is -2.33. The number of hydrogen-bond donors (Lipinski definition) is 2. The number of nitro groups is 1. The molecule has 0 atom stereocenters. The summed E-state index contributed by atoms with van der Waals surface area (Å²) in [4.78, 5) is 22.5. The van der Waals surface area contributed by atoms with E-state index in [2.05, 4.69) is 10.6 Å². The topological polar surface area (TPSA) is 84.3 Å². The summed E-state index contributed by atoms with van der Waals surface area (Å²) in [5.74, 6) is -0.355. The van der Waals surface area contributed by atoms with E-state index < -0.39 is 4.92 Å². The number of rotatable bonds is 6. The zero-order chi connectivity index (χ0) is 15.3. The van der Waals surface area contributed by atoms with Crippen LogP contribution in [0.2, 0.25) is 5.02 Å². The number of anilines is 1. The van der Waals surface area contributed by atoms with Crippen LogP contribution in [0.3, 0.4) is 0 Å². The van der Waals surface area contributed by atoms with Gasteiger partial charge in [0.1, 0.15) is 5.69 Å². The van der Waals surface area contributed by atoms with E-state index in [0.29, 0.717) is 0 Å². The Hall–Kier alpha value is -1.82. The van der Waals surface area contributed by atoms with Gasteiger partial charge in [-0.15, -0.1) is 0 Å². The maximum Gasteiger partial charge on any atom is 0.294 e. The quantitative estimate of drug-likeness (QED) is 0.624. The van der Waals surface area contributed by atoms with Crippen LogP contribution in [-0.4, -0.2) is 23.9 Å². The number of amides is 1. The first-order chi connectivity index (χ1) is 9.44. The fraction of sp³-hybridized carbons (Fsp3) is 0.462. The Morgan fingerprint density at radius 3 is 2.45 bits per heavy atom. The number of benzene rings is 1. The van der Waals surface area contributed by atoms with Gasteiger partial charge in [0.05, 0.1) is 9.95 Å². The van der Waals surface area contributed by atoms with E-state index in [9.17, 15) is 14.9 Å². The van der Waals surface area contributed by atoms with Crippen LogP contribution >= 0.6 is 11.6 Å². The molecule has 20 heavy (non-hydrogen) atoms. The molecule has 0 aromatic heterocycles. The molecule has 1 aromatic carbocycles. The lowest BCUT2D eigenvalue weighted by atomic mass is 10.1. The molecule has 0 bridgehead atoms. The predicted molar refractivity (Wildman–Crippen MR) is 79.5 cm³/mol. The van der Waals surface area contributed by atoms with Crippen LogP contribution < -0.4 is 10.6 Å². The number of nitro benzene ring substituents is 1. The second-order valence-electron chi connectivity index (χ2n) is 4.35. The average molecular weight is 300 g/mol. The van der Waals surface area contributed by atoms with Crippen LogP contribution in [0.4, 0.5) is 11.4 Å². The van der Waals surface area contributed by atoms with Crippen molar-refractivity contribution in [3.63, 3.8) is 0 Å². The van der Waals surface area contributed by atoms with E-state index in [4.69, 9.17) is 11.6 Å². The summed E-state index contributed by atoms with van der Waals surface area (Å²) < 4.78 is 0. The summed E-state index contributed by atoms with van der Waals surface area (Å²) in [6.07, 6.45) is 1.60. The van der Waals surface area contributed by atoms with Gasteiger partial charge in [-0.3, -0.25) is 14.9 Å². The van der Waals surface area contributed by atoms with Gasteiger partial charge in [0, 0.05) is 24.7 Å². The maximum atomic E-state index is 12.1. The zero-order valence-electron chi connectivity index (χ0n) is 11.7. The van der Waals surface area contributed by atoms with E-state index in [1.807, 2.05) is 13.8 Å². The summed E-state index contributed by atoms with van der Waals surface area (Å²) in [6.45, 7) is 3.93. The van der Waals surface area contributed by atoms with Crippen molar-refractivity contribution in [2.24, 2.45) is 0 Å². The fourth-order valence-corrected chi connectivity index (χ4v) is 2.19. The third kappa shape index (κ3) is 3.60. The van der Waals surface area contributed by atoms with Crippen molar-refractivity contribution >= 4 is 28.9 Å². The molecular weight excluding hydrogens is 282 g/mol. The monoisotopic (exact) mass is 299 g/mol. The molecule has 2 N–H and O–H groups in total. The van der Waals surface area contributed by atoms with Gasteiger partial charge in [0.15, 0.2) is 0 Å². The summed E-state index contributed by atoms with van der Waals surface area (Å²) in [5, 5.41) is 16.7. The molecule has 0 unspecified atom stereocenters. The molecule has 1 amide bonds. The highest BCUT2D eigenvalue weighted by molar-refractivity contribution is 6.34. The number of carbonyl (C=O) groups is 1. The van der Waals surface area contributed by atoms with Gasteiger partial charge in [-0.2, -0.15) is 0 Å². The normalized spacial score (nSPS) is 10.4. The van der Waals surface area contributed by atoms with Crippen molar-refractivity contribution in [2.45, 2.75) is 32.7 Å². The molecule has 0 radical (unpaired) electrons. The molecule has 1 rings (SSSR count). The molecule has 7 heteroatoms. The number of nitrogens with one attached hydrogen (secondary N) is 2.